The van der Waals surface area contributed by atoms with Crippen LogP contribution in [-0.4, -0.2) is 23.0 Å². The van der Waals surface area contributed by atoms with Crippen molar-refractivity contribution in [3.05, 3.63) is 76.7 Å². The lowest BCUT2D eigenvalue weighted by atomic mass is 10.1. The Bertz CT molecular complexity index is 880. The van der Waals surface area contributed by atoms with Gasteiger partial charge >= 0.3 is 0 Å². The van der Waals surface area contributed by atoms with Crippen LogP contribution in [0.25, 0.3) is 11.3 Å². The van der Waals surface area contributed by atoms with Crippen molar-refractivity contribution in [1.82, 2.24) is 15.3 Å². The van der Waals surface area contributed by atoms with Crippen LogP contribution in [0, 0.1) is 0 Å². The van der Waals surface area contributed by atoms with E-state index in [-0.39, 0.29) is 5.91 Å². The first-order valence-corrected chi connectivity index (χ1v) is 8.90. The Balaban J connectivity index is 1.61. The molecule has 0 radical (unpaired) electrons. The van der Waals surface area contributed by atoms with Gasteiger partial charge in [0.2, 0.25) is 5.91 Å². The minimum Gasteiger partial charge on any atom is -0.497 e. The molecule has 3 rings (SSSR count). The molecule has 0 atom stereocenters. The first-order chi connectivity index (χ1) is 12.6. The van der Waals surface area contributed by atoms with E-state index in [1.165, 1.54) is 6.33 Å². The monoisotopic (exact) mass is 411 g/mol. The number of benzene rings is 2. The molecular formula is C20H18BrN3O2. The van der Waals surface area contributed by atoms with E-state index in [1.807, 2.05) is 54.6 Å². The van der Waals surface area contributed by atoms with Crippen molar-refractivity contribution in [3.63, 3.8) is 0 Å². The second kappa shape index (κ2) is 8.58. The van der Waals surface area contributed by atoms with Gasteiger partial charge in [-0.1, -0.05) is 28.1 Å². The van der Waals surface area contributed by atoms with Gasteiger partial charge in [-0.3, -0.25) is 4.79 Å². The molecule has 6 heteroatoms. The van der Waals surface area contributed by atoms with Crippen molar-refractivity contribution in [1.29, 1.82) is 0 Å². The number of ether oxygens (including phenoxy) is 1. The topological polar surface area (TPSA) is 64.1 Å². The second-order valence-electron chi connectivity index (χ2n) is 5.70. The van der Waals surface area contributed by atoms with E-state index >= 15 is 0 Å². The van der Waals surface area contributed by atoms with Crippen molar-refractivity contribution in [2.75, 3.05) is 7.11 Å². The van der Waals surface area contributed by atoms with Gasteiger partial charge < -0.3 is 10.1 Å². The summed E-state index contributed by atoms with van der Waals surface area (Å²) in [4.78, 5) is 20.6. The maximum atomic E-state index is 12.1. The molecule has 1 aromatic heterocycles. The van der Waals surface area contributed by atoms with E-state index in [0.29, 0.717) is 13.0 Å². The molecule has 1 amide bonds. The van der Waals surface area contributed by atoms with Gasteiger partial charge in [0.1, 0.15) is 12.1 Å². The number of rotatable bonds is 6. The maximum Gasteiger partial charge on any atom is 0.224 e. The Labute approximate surface area is 160 Å². The molecule has 0 aliphatic heterocycles. The van der Waals surface area contributed by atoms with Crippen LogP contribution in [0.2, 0.25) is 0 Å². The summed E-state index contributed by atoms with van der Waals surface area (Å²) in [6.45, 7) is 0.362. The van der Waals surface area contributed by atoms with Crippen LogP contribution in [0.5, 0.6) is 5.75 Å². The third kappa shape index (κ3) is 4.89. The summed E-state index contributed by atoms with van der Waals surface area (Å²) < 4.78 is 6.16. The molecule has 2 aromatic carbocycles. The quantitative estimate of drug-likeness (QED) is 0.670. The van der Waals surface area contributed by atoms with Gasteiger partial charge in [-0.05, 0) is 48.0 Å². The second-order valence-corrected chi connectivity index (χ2v) is 6.62. The molecule has 0 saturated carbocycles. The molecule has 0 bridgehead atoms. The third-order valence-corrected chi connectivity index (χ3v) is 4.38. The lowest BCUT2D eigenvalue weighted by molar-refractivity contribution is -0.120. The summed E-state index contributed by atoms with van der Waals surface area (Å²) in [5.41, 5.74) is 3.50. The Kier molecular flexibility index (Phi) is 5.96. The lowest BCUT2D eigenvalue weighted by Crippen LogP contribution is -2.25. The van der Waals surface area contributed by atoms with Crippen LogP contribution in [0.4, 0.5) is 0 Å². The molecule has 132 valence electrons. The highest BCUT2D eigenvalue weighted by Crippen LogP contribution is 2.20. The molecular weight excluding hydrogens is 394 g/mol. The van der Waals surface area contributed by atoms with Gasteiger partial charge in [0, 0.05) is 10.0 Å². The Morgan fingerprint density at radius 2 is 1.81 bits per heavy atom. The summed E-state index contributed by atoms with van der Waals surface area (Å²) in [6, 6.07) is 17.2. The van der Waals surface area contributed by atoms with Gasteiger partial charge in [0.05, 0.1) is 31.5 Å². The van der Waals surface area contributed by atoms with E-state index in [4.69, 9.17) is 4.74 Å². The van der Waals surface area contributed by atoms with Gasteiger partial charge in [-0.15, -0.1) is 0 Å². The van der Waals surface area contributed by atoms with Crippen LogP contribution in [0.1, 0.15) is 11.3 Å². The number of halogens is 1. The molecule has 0 aliphatic carbocycles. The van der Waals surface area contributed by atoms with Crippen LogP contribution in [0.3, 0.4) is 0 Å². The molecule has 1 N–H and O–H groups in total. The van der Waals surface area contributed by atoms with E-state index in [0.717, 1.165) is 32.7 Å². The minimum absolute atomic E-state index is 0.0445. The largest absolute Gasteiger partial charge is 0.497 e. The zero-order valence-corrected chi connectivity index (χ0v) is 15.9. The Hall–Kier alpha value is -2.73. The number of aromatic nitrogens is 2. The fourth-order valence-electron chi connectivity index (χ4n) is 2.45. The van der Waals surface area contributed by atoms with Crippen molar-refractivity contribution < 1.29 is 9.53 Å². The fraction of sp³-hybridized carbons (Fsp3) is 0.150. The van der Waals surface area contributed by atoms with E-state index in [1.54, 1.807) is 7.11 Å². The number of nitrogens with zero attached hydrogens (tertiary/aromatic N) is 2. The molecule has 5 nitrogen and oxygen atoms in total. The van der Waals surface area contributed by atoms with E-state index in [2.05, 4.69) is 31.2 Å². The van der Waals surface area contributed by atoms with Crippen molar-refractivity contribution >= 4 is 21.8 Å². The van der Waals surface area contributed by atoms with Crippen molar-refractivity contribution in [2.45, 2.75) is 13.0 Å². The average molecular weight is 412 g/mol. The normalized spacial score (nSPS) is 10.4. The summed E-state index contributed by atoms with van der Waals surface area (Å²) in [7, 11) is 1.63. The standard InChI is InChI=1S/C20H18BrN3O2/c1-26-18-8-4-15(5-9-18)19-11-17(23-13-24-19)12-22-20(25)10-14-2-6-16(21)7-3-14/h2-9,11,13H,10,12H2,1H3,(H,22,25). The Morgan fingerprint density at radius 1 is 1.08 bits per heavy atom. The molecule has 3 aromatic rings. The maximum absolute atomic E-state index is 12.1. The SMILES string of the molecule is COc1ccc(-c2cc(CNC(=O)Cc3ccc(Br)cc3)ncn2)cc1. The van der Waals surface area contributed by atoms with Gasteiger partial charge in [0.25, 0.3) is 0 Å². The predicted molar refractivity (Wildman–Crippen MR) is 104 cm³/mol. The number of hydrogen-bond donors (Lipinski definition) is 1. The van der Waals surface area contributed by atoms with Crippen molar-refractivity contribution in [2.24, 2.45) is 0 Å². The molecule has 26 heavy (non-hydrogen) atoms. The number of carbonyl (C=O) groups is 1. The van der Waals surface area contributed by atoms with E-state index < -0.39 is 0 Å². The highest BCUT2D eigenvalue weighted by molar-refractivity contribution is 9.10. The molecule has 1 heterocycles. The number of amides is 1. The van der Waals surface area contributed by atoms with E-state index in [9.17, 15) is 4.79 Å². The first-order valence-electron chi connectivity index (χ1n) is 8.10. The van der Waals surface area contributed by atoms with Crippen LogP contribution in [0.15, 0.2) is 65.4 Å². The molecule has 0 spiro atoms. The summed E-state index contributed by atoms with van der Waals surface area (Å²) in [6.07, 6.45) is 1.85. The van der Waals surface area contributed by atoms with Crippen molar-refractivity contribution in [3.8, 4) is 17.0 Å². The zero-order chi connectivity index (χ0) is 18.4. The molecule has 0 saturated heterocycles. The number of methoxy groups -OCH3 is 1. The number of carbonyl (C=O) groups excluding carboxylic acids is 1. The highest BCUT2D eigenvalue weighted by Gasteiger charge is 2.06. The highest BCUT2D eigenvalue weighted by atomic mass is 79.9. The summed E-state index contributed by atoms with van der Waals surface area (Å²) in [5, 5.41) is 2.90. The number of hydrogen-bond acceptors (Lipinski definition) is 4. The van der Waals surface area contributed by atoms with Gasteiger partial charge in [-0.25, -0.2) is 9.97 Å². The van der Waals surface area contributed by atoms with Crippen LogP contribution >= 0.6 is 15.9 Å². The van der Waals surface area contributed by atoms with Crippen LogP contribution < -0.4 is 10.1 Å². The average Bonchev–Trinajstić information content (AvgIpc) is 2.68. The van der Waals surface area contributed by atoms with Gasteiger partial charge in [-0.2, -0.15) is 0 Å². The third-order valence-electron chi connectivity index (χ3n) is 3.85. The number of nitrogens with one attached hydrogen (secondary N) is 1. The Morgan fingerprint density at radius 3 is 2.50 bits per heavy atom. The molecule has 0 fully saturated rings. The molecule has 0 aliphatic rings. The van der Waals surface area contributed by atoms with Crippen LogP contribution in [-0.2, 0) is 17.8 Å². The van der Waals surface area contributed by atoms with Gasteiger partial charge in [0.15, 0.2) is 0 Å². The first kappa shape index (κ1) is 18.1. The summed E-state index contributed by atoms with van der Waals surface area (Å²) in [5.74, 6) is 0.750. The zero-order valence-electron chi connectivity index (χ0n) is 14.3. The summed E-state index contributed by atoms with van der Waals surface area (Å²) >= 11 is 3.39. The molecule has 0 unspecified atom stereocenters. The lowest BCUT2D eigenvalue weighted by Gasteiger charge is -2.07. The predicted octanol–water partition coefficient (Wildman–Crippen LogP) is 3.77. The smallest absolute Gasteiger partial charge is 0.224 e. The fourth-order valence-corrected chi connectivity index (χ4v) is 2.72. The minimum atomic E-state index is -0.0445.